The minimum absolute atomic E-state index is 0.526. The second-order valence-corrected chi connectivity index (χ2v) is 2.94. The van der Waals surface area contributed by atoms with Gasteiger partial charge in [0.1, 0.15) is 0 Å². The Morgan fingerprint density at radius 1 is 0.800 bits per heavy atom. The monoisotopic (exact) mass is 188 g/mol. The molecule has 0 heterocycles. The molecule has 0 aliphatic carbocycles. The number of terminal acetylenes is 4. The lowest BCUT2D eigenvalue weighted by Gasteiger charge is -2.07. The minimum atomic E-state index is 0.526. The molecule has 0 radical (unpaired) electrons. The van der Waals surface area contributed by atoms with E-state index < -0.39 is 0 Å². The van der Waals surface area contributed by atoms with Gasteiger partial charge in [0, 0.05) is 11.1 Å². The molecule has 15 heavy (non-hydrogen) atoms. The standard InChI is InChI=1S/C15H8/c1-6-12-10-11(5)13(7-2)15(9-4)14(12)8-3/h1-4,10H,5H3. The lowest BCUT2D eigenvalue weighted by Crippen LogP contribution is -1.97. The molecule has 1 aromatic carbocycles. The summed E-state index contributed by atoms with van der Waals surface area (Å²) >= 11 is 0. The lowest BCUT2D eigenvalue weighted by molar-refractivity contribution is 1.38. The molecule has 0 fully saturated rings. The van der Waals surface area contributed by atoms with E-state index in [-0.39, 0.29) is 0 Å². The quantitative estimate of drug-likeness (QED) is 0.546. The fourth-order valence-electron chi connectivity index (χ4n) is 1.41. The molecular formula is C15H8. The van der Waals surface area contributed by atoms with E-state index in [0.29, 0.717) is 22.3 Å². The molecule has 68 valence electrons. The van der Waals surface area contributed by atoms with Crippen LogP contribution in [0.2, 0.25) is 0 Å². The Labute approximate surface area is 90.7 Å². The van der Waals surface area contributed by atoms with Crippen molar-refractivity contribution in [1.29, 1.82) is 0 Å². The number of benzene rings is 1. The molecule has 0 aliphatic heterocycles. The van der Waals surface area contributed by atoms with Crippen molar-refractivity contribution < 1.29 is 0 Å². The molecule has 0 amide bonds. The molecule has 0 saturated carbocycles. The van der Waals surface area contributed by atoms with Crippen molar-refractivity contribution >= 4 is 0 Å². The van der Waals surface area contributed by atoms with Crippen molar-refractivity contribution in [3.05, 3.63) is 33.9 Å². The van der Waals surface area contributed by atoms with Crippen LogP contribution in [-0.2, 0) is 0 Å². The molecule has 1 aromatic rings. The van der Waals surface area contributed by atoms with Crippen molar-refractivity contribution in [3.63, 3.8) is 0 Å². The van der Waals surface area contributed by atoms with Gasteiger partial charge in [-0.15, -0.1) is 25.7 Å². The van der Waals surface area contributed by atoms with Gasteiger partial charge in [-0.2, -0.15) is 0 Å². The van der Waals surface area contributed by atoms with Gasteiger partial charge >= 0.3 is 0 Å². The van der Waals surface area contributed by atoms with Crippen LogP contribution in [0.5, 0.6) is 0 Å². The summed E-state index contributed by atoms with van der Waals surface area (Å²) in [5.74, 6) is 10.0. The molecular weight excluding hydrogens is 180 g/mol. The summed E-state index contributed by atoms with van der Waals surface area (Å²) in [5.41, 5.74) is 3.19. The normalized spacial score (nSPS) is 8.07. The third-order valence-electron chi connectivity index (χ3n) is 2.11. The van der Waals surface area contributed by atoms with Gasteiger partial charge in [0.25, 0.3) is 0 Å². The first-order chi connectivity index (χ1) is 7.19. The van der Waals surface area contributed by atoms with E-state index in [4.69, 9.17) is 25.7 Å². The highest BCUT2D eigenvalue weighted by molar-refractivity contribution is 5.66. The second kappa shape index (κ2) is 4.11. The summed E-state index contributed by atoms with van der Waals surface area (Å²) in [7, 11) is 0. The predicted molar refractivity (Wildman–Crippen MR) is 62.9 cm³/mol. The van der Waals surface area contributed by atoms with E-state index in [2.05, 4.69) is 23.7 Å². The SMILES string of the molecule is C#Cc1cc(C)c(C#C)c(C#C)c1C#C. The maximum atomic E-state index is 5.39. The van der Waals surface area contributed by atoms with Crippen LogP contribution >= 0.6 is 0 Å². The van der Waals surface area contributed by atoms with Crippen LogP contribution in [0.3, 0.4) is 0 Å². The van der Waals surface area contributed by atoms with E-state index in [0.717, 1.165) is 5.56 Å². The van der Waals surface area contributed by atoms with Crippen LogP contribution in [-0.4, -0.2) is 0 Å². The van der Waals surface area contributed by atoms with E-state index in [9.17, 15) is 0 Å². The van der Waals surface area contributed by atoms with Crippen molar-refractivity contribution in [2.45, 2.75) is 6.92 Å². The highest BCUT2D eigenvalue weighted by Crippen LogP contribution is 2.20. The summed E-state index contributed by atoms with van der Waals surface area (Å²) in [5, 5.41) is 0. The molecule has 0 bridgehead atoms. The van der Waals surface area contributed by atoms with Gasteiger partial charge in [0.15, 0.2) is 0 Å². The molecule has 0 unspecified atom stereocenters. The molecule has 1 rings (SSSR count). The van der Waals surface area contributed by atoms with Crippen LogP contribution in [0, 0.1) is 56.3 Å². The van der Waals surface area contributed by atoms with Crippen LogP contribution in [0.1, 0.15) is 27.8 Å². The first-order valence-electron chi connectivity index (χ1n) is 4.23. The zero-order valence-corrected chi connectivity index (χ0v) is 8.39. The van der Waals surface area contributed by atoms with E-state index in [1.807, 2.05) is 6.92 Å². The Morgan fingerprint density at radius 2 is 1.33 bits per heavy atom. The number of hydrogen-bond acceptors (Lipinski definition) is 0. The van der Waals surface area contributed by atoms with Gasteiger partial charge < -0.3 is 0 Å². The maximum Gasteiger partial charge on any atom is 0.0570 e. The van der Waals surface area contributed by atoms with Crippen LogP contribution in [0.4, 0.5) is 0 Å². The van der Waals surface area contributed by atoms with Gasteiger partial charge in [0.2, 0.25) is 0 Å². The summed E-state index contributed by atoms with van der Waals surface area (Å²) < 4.78 is 0. The Balaban J connectivity index is 3.84. The van der Waals surface area contributed by atoms with E-state index in [1.54, 1.807) is 6.07 Å². The van der Waals surface area contributed by atoms with Crippen LogP contribution in [0.15, 0.2) is 6.07 Å². The van der Waals surface area contributed by atoms with Crippen LogP contribution < -0.4 is 0 Å². The van der Waals surface area contributed by atoms with Crippen molar-refractivity contribution in [2.24, 2.45) is 0 Å². The Bertz CT molecular complexity index is 573. The van der Waals surface area contributed by atoms with Gasteiger partial charge in [-0.3, -0.25) is 0 Å². The molecule has 0 saturated heterocycles. The van der Waals surface area contributed by atoms with Crippen molar-refractivity contribution in [1.82, 2.24) is 0 Å². The summed E-state index contributed by atoms with van der Waals surface area (Å²) in [6.45, 7) is 1.86. The largest absolute Gasteiger partial charge is 0.115 e. The summed E-state index contributed by atoms with van der Waals surface area (Å²) in [4.78, 5) is 0. The van der Waals surface area contributed by atoms with E-state index >= 15 is 0 Å². The fraction of sp³-hybridized carbons (Fsp3) is 0.0667. The zero-order valence-electron chi connectivity index (χ0n) is 8.39. The summed E-state index contributed by atoms with van der Waals surface area (Å²) in [6, 6.07) is 1.78. The molecule has 0 nitrogen and oxygen atoms in total. The third-order valence-corrected chi connectivity index (χ3v) is 2.11. The molecule has 0 aliphatic rings. The smallest absolute Gasteiger partial charge is 0.0570 e. The number of aryl methyl sites for hydroxylation is 1. The molecule has 0 atom stereocenters. The molecule has 0 spiro atoms. The fourth-order valence-corrected chi connectivity index (χ4v) is 1.41. The van der Waals surface area contributed by atoms with Crippen molar-refractivity contribution in [2.75, 3.05) is 0 Å². The Morgan fingerprint density at radius 3 is 1.73 bits per heavy atom. The summed E-state index contributed by atoms with van der Waals surface area (Å²) in [6.07, 6.45) is 21.5. The van der Waals surface area contributed by atoms with E-state index in [1.165, 1.54) is 0 Å². The Hall–Kier alpha value is -2.54. The minimum Gasteiger partial charge on any atom is -0.115 e. The lowest BCUT2D eigenvalue weighted by atomic mass is 9.93. The van der Waals surface area contributed by atoms with Gasteiger partial charge in [0.05, 0.1) is 11.1 Å². The first kappa shape index (κ1) is 10.5. The van der Waals surface area contributed by atoms with Crippen LogP contribution in [0.25, 0.3) is 0 Å². The average Bonchev–Trinajstić information content (AvgIpc) is 2.27. The first-order valence-corrected chi connectivity index (χ1v) is 4.23. The average molecular weight is 188 g/mol. The topological polar surface area (TPSA) is 0 Å². The Kier molecular flexibility index (Phi) is 2.89. The molecule has 0 N–H and O–H groups in total. The highest BCUT2D eigenvalue weighted by atomic mass is 14.1. The van der Waals surface area contributed by atoms with Crippen molar-refractivity contribution in [3.8, 4) is 49.4 Å². The van der Waals surface area contributed by atoms with Gasteiger partial charge in [-0.1, -0.05) is 23.7 Å². The molecule has 0 aromatic heterocycles. The second-order valence-electron chi connectivity index (χ2n) is 2.94. The predicted octanol–water partition coefficient (Wildman–Crippen LogP) is 1.92. The third kappa shape index (κ3) is 1.58. The number of hydrogen-bond donors (Lipinski definition) is 0. The van der Waals surface area contributed by atoms with Gasteiger partial charge in [-0.25, -0.2) is 0 Å². The highest BCUT2D eigenvalue weighted by Gasteiger charge is 2.10. The molecule has 0 heteroatoms. The number of rotatable bonds is 0. The zero-order chi connectivity index (χ0) is 11.4. The van der Waals surface area contributed by atoms with Gasteiger partial charge in [-0.05, 0) is 18.6 Å². The maximum absolute atomic E-state index is 5.39.